The fourth-order valence-electron chi connectivity index (χ4n) is 1.76. The summed E-state index contributed by atoms with van der Waals surface area (Å²) in [6.45, 7) is 1.78. The number of halogens is 2. The number of benzene rings is 2. The van der Waals surface area contributed by atoms with E-state index in [1.54, 1.807) is 13.0 Å². The van der Waals surface area contributed by atoms with Gasteiger partial charge in [0.2, 0.25) is 0 Å². The summed E-state index contributed by atoms with van der Waals surface area (Å²) in [6, 6.07) is 7.95. The lowest BCUT2D eigenvalue weighted by Crippen LogP contribution is -2.00. The van der Waals surface area contributed by atoms with Crippen LogP contribution in [0.5, 0.6) is 0 Å². The number of carboxylic acid groups (broad SMARTS) is 1. The summed E-state index contributed by atoms with van der Waals surface area (Å²) in [5.74, 6) is -2.57. The second-order valence-corrected chi connectivity index (χ2v) is 3.96. The zero-order valence-corrected chi connectivity index (χ0v) is 9.58. The van der Waals surface area contributed by atoms with Gasteiger partial charge in [-0.25, -0.2) is 13.6 Å². The average Bonchev–Trinajstić information content (AvgIpc) is 2.31. The van der Waals surface area contributed by atoms with Crippen molar-refractivity contribution in [2.45, 2.75) is 6.92 Å². The van der Waals surface area contributed by atoms with Gasteiger partial charge in [0.05, 0.1) is 5.56 Å². The number of aromatic carboxylic acids is 1. The van der Waals surface area contributed by atoms with Gasteiger partial charge in [0.1, 0.15) is 11.6 Å². The van der Waals surface area contributed by atoms with Gasteiger partial charge in [0, 0.05) is 0 Å². The van der Waals surface area contributed by atoms with E-state index in [0.29, 0.717) is 11.1 Å². The smallest absolute Gasteiger partial charge is 0.338 e. The molecule has 0 amide bonds. The van der Waals surface area contributed by atoms with Gasteiger partial charge in [0.25, 0.3) is 0 Å². The van der Waals surface area contributed by atoms with Crippen molar-refractivity contribution in [3.8, 4) is 11.1 Å². The van der Waals surface area contributed by atoms with Gasteiger partial charge in [-0.3, -0.25) is 0 Å². The highest BCUT2D eigenvalue weighted by atomic mass is 19.1. The first-order chi connectivity index (χ1) is 8.49. The summed E-state index contributed by atoms with van der Waals surface area (Å²) in [7, 11) is 0. The van der Waals surface area contributed by atoms with E-state index in [9.17, 15) is 13.6 Å². The maximum Gasteiger partial charge on any atom is 0.338 e. The van der Waals surface area contributed by atoms with Crippen molar-refractivity contribution in [2.75, 3.05) is 0 Å². The third-order valence-electron chi connectivity index (χ3n) is 2.71. The largest absolute Gasteiger partial charge is 0.478 e. The van der Waals surface area contributed by atoms with Crippen molar-refractivity contribution in [1.82, 2.24) is 0 Å². The van der Waals surface area contributed by atoms with E-state index in [4.69, 9.17) is 5.11 Å². The fourth-order valence-corrected chi connectivity index (χ4v) is 1.76. The molecule has 0 bridgehead atoms. The molecule has 2 rings (SSSR count). The molecule has 4 heteroatoms. The van der Waals surface area contributed by atoms with Gasteiger partial charge in [-0.1, -0.05) is 12.1 Å². The SMILES string of the molecule is Cc1ccc(F)cc1-c1ccc(C(=O)O)c(F)c1. The number of carbonyl (C=O) groups is 1. The van der Waals surface area contributed by atoms with Gasteiger partial charge in [-0.15, -0.1) is 0 Å². The molecule has 92 valence electrons. The molecular formula is C14H10F2O2. The Labute approximate surface area is 103 Å². The van der Waals surface area contributed by atoms with Gasteiger partial charge in [0.15, 0.2) is 0 Å². The molecule has 0 unspecified atom stereocenters. The highest BCUT2D eigenvalue weighted by Gasteiger charge is 2.12. The normalized spacial score (nSPS) is 10.4. The lowest BCUT2D eigenvalue weighted by molar-refractivity contribution is 0.0692. The predicted octanol–water partition coefficient (Wildman–Crippen LogP) is 3.64. The van der Waals surface area contributed by atoms with Crippen molar-refractivity contribution in [2.24, 2.45) is 0 Å². The molecule has 0 saturated heterocycles. The predicted molar refractivity (Wildman–Crippen MR) is 63.5 cm³/mol. The van der Waals surface area contributed by atoms with Crippen molar-refractivity contribution in [1.29, 1.82) is 0 Å². The fraction of sp³-hybridized carbons (Fsp3) is 0.0714. The zero-order chi connectivity index (χ0) is 13.3. The van der Waals surface area contributed by atoms with E-state index in [1.165, 1.54) is 24.3 Å². The number of hydrogen-bond donors (Lipinski definition) is 1. The van der Waals surface area contributed by atoms with E-state index in [2.05, 4.69) is 0 Å². The average molecular weight is 248 g/mol. The maximum atomic E-state index is 13.5. The zero-order valence-electron chi connectivity index (χ0n) is 9.58. The van der Waals surface area contributed by atoms with E-state index < -0.39 is 23.2 Å². The molecule has 2 aromatic carbocycles. The molecule has 0 aliphatic rings. The lowest BCUT2D eigenvalue weighted by Gasteiger charge is -2.07. The van der Waals surface area contributed by atoms with Crippen LogP contribution in [0.2, 0.25) is 0 Å². The maximum absolute atomic E-state index is 13.5. The summed E-state index contributed by atoms with van der Waals surface area (Å²) in [4.78, 5) is 10.7. The molecule has 0 heterocycles. The number of hydrogen-bond acceptors (Lipinski definition) is 1. The Bertz CT molecular complexity index is 621. The molecule has 0 aliphatic carbocycles. The number of aryl methyl sites for hydroxylation is 1. The molecular weight excluding hydrogens is 238 g/mol. The standard InChI is InChI=1S/C14H10F2O2/c1-8-2-4-10(15)7-12(8)9-3-5-11(14(17)18)13(16)6-9/h2-7H,1H3,(H,17,18). The van der Waals surface area contributed by atoms with Crippen LogP contribution in [0.25, 0.3) is 11.1 Å². The summed E-state index contributed by atoms with van der Waals surface area (Å²) in [5.41, 5.74) is 1.40. The Hall–Kier alpha value is -2.23. The molecule has 0 aromatic heterocycles. The molecule has 0 spiro atoms. The van der Waals surface area contributed by atoms with Crippen molar-refractivity contribution >= 4 is 5.97 Å². The Balaban J connectivity index is 2.55. The van der Waals surface area contributed by atoms with Crippen LogP contribution in [0, 0.1) is 18.6 Å². The third kappa shape index (κ3) is 2.22. The van der Waals surface area contributed by atoms with Crippen molar-refractivity contribution in [3.05, 3.63) is 59.2 Å². The van der Waals surface area contributed by atoms with Gasteiger partial charge in [-0.05, 0) is 47.9 Å². The summed E-state index contributed by atoms with van der Waals surface area (Å²) < 4.78 is 26.7. The van der Waals surface area contributed by atoms with Crippen LogP contribution in [0.3, 0.4) is 0 Å². The molecule has 0 fully saturated rings. The second kappa shape index (κ2) is 4.56. The van der Waals surface area contributed by atoms with E-state index in [-0.39, 0.29) is 0 Å². The van der Waals surface area contributed by atoms with Crippen LogP contribution in [0.4, 0.5) is 8.78 Å². The quantitative estimate of drug-likeness (QED) is 0.880. The van der Waals surface area contributed by atoms with Crippen LogP contribution in [0.15, 0.2) is 36.4 Å². The lowest BCUT2D eigenvalue weighted by atomic mass is 9.99. The first kappa shape index (κ1) is 12.2. The van der Waals surface area contributed by atoms with Gasteiger partial charge >= 0.3 is 5.97 Å². The minimum atomic E-state index is -1.32. The van der Waals surface area contributed by atoms with Crippen LogP contribution in [-0.2, 0) is 0 Å². The third-order valence-corrected chi connectivity index (χ3v) is 2.71. The van der Waals surface area contributed by atoms with Gasteiger partial charge < -0.3 is 5.11 Å². The molecule has 0 saturated carbocycles. The Morgan fingerprint density at radius 3 is 2.44 bits per heavy atom. The van der Waals surface area contributed by atoms with Gasteiger partial charge in [-0.2, -0.15) is 0 Å². The molecule has 1 N–H and O–H groups in total. The van der Waals surface area contributed by atoms with E-state index in [1.807, 2.05) is 0 Å². The summed E-state index contributed by atoms with van der Waals surface area (Å²) >= 11 is 0. The molecule has 0 aliphatic heterocycles. The van der Waals surface area contributed by atoms with Crippen LogP contribution >= 0.6 is 0 Å². The monoisotopic (exact) mass is 248 g/mol. The van der Waals surface area contributed by atoms with Crippen molar-refractivity contribution in [3.63, 3.8) is 0 Å². The molecule has 0 atom stereocenters. The number of rotatable bonds is 2. The second-order valence-electron chi connectivity index (χ2n) is 3.96. The van der Waals surface area contributed by atoms with E-state index in [0.717, 1.165) is 11.6 Å². The first-order valence-electron chi connectivity index (χ1n) is 5.28. The Kier molecular flexibility index (Phi) is 3.10. The molecule has 2 aromatic rings. The Morgan fingerprint density at radius 1 is 1.11 bits per heavy atom. The minimum absolute atomic E-state index is 0.396. The molecule has 2 nitrogen and oxygen atoms in total. The van der Waals surface area contributed by atoms with Crippen LogP contribution < -0.4 is 0 Å². The van der Waals surface area contributed by atoms with Crippen LogP contribution in [0.1, 0.15) is 15.9 Å². The summed E-state index contributed by atoms with van der Waals surface area (Å²) in [6.07, 6.45) is 0. The highest BCUT2D eigenvalue weighted by molar-refractivity contribution is 5.88. The number of carboxylic acids is 1. The van der Waals surface area contributed by atoms with E-state index >= 15 is 0 Å². The topological polar surface area (TPSA) is 37.3 Å². The molecule has 18 heavy (non-hydrogen) atoms. The Morgan fingerprint density at radius 2 is 1.83 bits per heavy atom. The highest BCUT2D eigenvalue weighted by Crippen LogP contribution is 2.26. The first-order valence-corrected chi connectivity index (χ1v) is 5.28. The molecule has 0 radical (unpaired) electrons. The minimum Gasteiger partial charge on any atom is -0.478 e. The summed E-state index contributed by atoms with van der Waals surface area (Å²) in [5, 5.41) is 8.73. The van der Waals surface area contributed by atoms with Crippen LogP contribution in [-0.4, -0.2) is 11.1 Å². The van der Waals surface area contributed by atoms with Crippen molar-refractivity contribution < 1.29 is 18.7 Å².